The van der Waals surface area contributed by atoms with Crippen molar-refractivity contribution in [1.82, 2.24) is 9.97 Å². The van der Waals surface area contributed by atoms with Gasteiger partial charge in [0.25, 0.3) is 0 Å². The summed E-state index contributed by atoms with van der Waals surface area (Å²) in [4.78, 5) is 21.0. The first-order chi connectivity index (χ1) is 12.6. The number of carbonyl (C=O) groups is 1. The van der Waals surface area contributed by atoms with E-state index in [4.69, 9.17) is 4.42 Å². The quantitative estimate of drug-likeness (QED) is 0.648. The minimum absolute atomic E-state index is 0.114. The van der Waals surface area contributed by atoms with Gasteiger partial charge in [0.15, 0.2) is 5.13 Å². The van der Waals surface area contributed by atoms with E-state index in [1.165, 1.54) is 37.0 Å². The number of nitrogens with zero attached hydrogens (tertiary/aromatic N) is 2. The number of anilines is 1. The third-order valence-corrected chi connectivity index (χ3v) is 7.63. The number of carbonyl (C=O) groups excluding carboxylic acids is 1. The first-order valence-electron chi connectivity index (χ1n) is 9.40. The van der Waals surface area contributed by atoms with E-state index in [1.807, 2.05) is 6.20 Å². The van der Waals surface area contributed by atoms with Crippen molar-refractivity contribution in [3.63, 3.8) is 0 Å². The van der Waals surface area contributed by atoms with E-state index in [-0.39, 0.29) is 5.91 Å². The van der Waals surface area contributed by atoms with Crippen molar-refractivity contribution >= 4 is 34.1 Å². The molecule has 0 radical (unpaired) electrons. The highest BCUT2D eigenvalue weighted by Gasteiger charge is 2.40. The maximum absolute atomic E-state index is 12.3. The summed E-state index contributed by atoms with van der Waals surface area (Å²) >= 11 is 3.15. The summed E-state index contributed by atoms with van der Waals surface area (Å²) in [6.45, 7) is 4.18. The Bertz CT molecular complexity index is 770. The molecule has 3 atom stereocenters. The Morgan fingerprint density at radius 3 is 2.92 bits per heavy atom. The molecule has 2 heterocycles. The van der Waals surface area contributed by atoms with E-state index in [9.17, 15) is 4.79 Å². The summed E-state index contributed by atoms with van der Waals surface area (Å²) in [7, 11) is 0. The molecule has 0 spiro atoms. The van der Waals surface area contributed by atoms with Gasteiger partial charge in [0.05, 0.1) is 22.4 Å². The van der Waals surface area contributed by atoms with Crippen LogP contribution in [0.25, 0.3) is 0 Å². The van der Waals surface area contributed by atoms with Gasteiger partial charge in [-0.05, 0) is 37.0 Å². The summed E-state index contributed by atoms with van der Waals surface area (Å²) < 4.78 is 6.78. The highest BCUT2D eigenvalue weighted by molar-refractivity contribution is 8.00. The molecule has 2 aromatic rings. The van der Waals surface area contributed by atoms with Gasteiger partial charge in [-0.2, -0.15) is 0 Å². The van der Waals surface area contributed by atoms with Gasteiger partial charge in [0.1, 0.15) is 5.76 Å². The van der Waals surface area contributed by atoms with E-state index >= 15 is 0 Å². The van der Waals surface area contributed by atoms with Crippen LogP contribution in [0.2, 0.25) is 0 Å². The van der Waals surface area contributed by atoms with Gasteiger partial charge in [-0.1, -0.05) is 31.6 Å². The van der Waals surface area contributed by atoms with Crippen molar-refractivity contribution < 1.29 is 9.21 Å². The molecule has 2 aliphatic carbocycles. The van der Waals surface area contributed by atoms with Crippen LogP contribution in [-0.4, -0.2) is 15.9 Å². The van der Waals surface area contributed by atoms with Crippen LogP contribution < -0.4 is 5.32 Å². The number of amides is 1. The van der Waals surface area contributed by atoms with Gasteiger partial charge >= 0.3 is 0 Å². The normalized spacial score (nSPS) is 24.5. The van der Waals surface area contributed by atoms with Crippen molar-refractivity contribution in [2.24, 2.45) is 17.8 Å². The SMILES string of the molecule is CC(C)c1cnc(CSc2cnc(NC(=O)CC3CC4CCC3C4)s2)o1. The molecule has 26 heavy (non-hydrogen) atoms. The smallest absolute Gasteiger partial charge is 0.226 e. The molecule has 3 unspecified atom stereocenters. The number of oxazole rings is 1. The molecular weight excluding hydrogens is 366 g/mol. The Morgan fingerprint density at radius 2 is 2.23 bits per heavy atom. The summed E-state index contributed by atoms with van der Waals surface area (Å²) in [6, 6.07) is 0. The van der Waals surface area contributed by atoms with Gasteiger partial charge in [-0.15, -0.1) is 11.8 Å². The van der Waals surface area contributed by atoms with E-state index in [0.717, 1.165) is 27.7 Å². The summed E-state index contributed by atoms with van der Waals surface area (Å²) in [6.07, 6.45) is 9.54. The topological polar surface area (TPSA) is 68.0 Å². The third kappa shape index (κ3) is 4.14. The van der Waals surface area contributed by atoms with Gasteiger partial charge in [0, 0.05) is 12.3 Å². The van der Waals surface area contributed by atoms with Gasteiger partial charge in [0.2, 0.25) is 11.8 Å². The molecule has 4 rings (SSSR count). The number of hydrogen-bond donors (Lipinski definition) is 1. The maximum Gasteiger partial charge on any atom is 0.226 e. The van der Waals surface area contributed by atoms with Crippen molar-refractivity contribution in [2.75, 3.05) is 5.32 Å². The lowest BCUT2D eigenvalue weighted by molar-refractivity contribution is -0.117. The Labute approximate surface area is 162 Å². The molecule has 0 aromatic carbocycles. The molecule has 5 nitrogen and oxygen atoms in total. The van der Waals surface area contributed by atoms with Crippen LogP contribution in [0.5, 0.6) is 0 Å². The lowest BCUT2D eigenvalue weighted by atomic mass is 9.86. The molecule has 2 aliphatic rings. The molecule has 0 saturated heterocycles. The maximum atomic E-state index is 12.3. The molecule has 140 valence electrons. The number of hydrogen-bond acceptors (Lipinski definition) is 6. The van der Waals surface area contributed by atoms with Crippen molar-refractivity contribution in [1.29, 1.82) is 0 Å². The fourth-order valence-corrected chi connectivity index (χ4v) is 5.95. The zero-order valence-electron chi connectivity index (χ0n) is 15.2. The van der Waals surface area contributed by atoms with Gasteiger partial charge < -0.3 is 9.73 Å². The van der Waals surface area contributed by atoms with Crippen LogP contribution >= 0.6 is 23.1 Å². The fourth-order valence-electron chi connectivity index (χ4n) is 4.21. The first-order valence-corrected chi connectivity index (χ1v) is 11.2. The second-order valence-corrected chi connectivity index (χ2v) is 10.1. The molecular formula is C19H25N3O2S2. The largest absolute Gasteiger partial charge is 0.445 e. The molecule has 2 aromatic heterocycles. The number of thioether (sulfide) groups is 1. The highest BCUT2D eigenvalue weighted by Crippen LogP contribution is 2.49. The average molecular weight is 392 g/mol. The Hall–Kier alpha value is -1.34. The second-order valence-electron chi connectivity index (χ2n) is 7.77. The lowest BCUT2D eigenvalue weighted by Crippen LogP contribution is -2.20. The van der Waals surface area contributed by atoms with Crippen molar-refractivity contribution in [3.8, 4) is 0 Å². The van der Waals surface area contributed by atoms with Crippen molar-refractivity contribution in [3.05, 3.63) is 24.0 Å². The van der Waals surface area contributed by atoms with E-state index in [2.05, 4.69) is 29.1 Å². The van der Waals surface area contributed by atoms with Crippen molar-refractivity contribution in [2.45, 2.75) is 61.8 Å². The fraction of sp³-hybridized carbons (Fsp3) is 0.632. The van der Waals surface area contributed by atoms with Crippen LogP contribution in [0.15, 0.2) is 21.0 Å². The Kier molecular flexibility index (Phi) is 5.36. The van der Waals surface area contributed by atoms with E-state index in [0.29, 0.717) is 29.1 Å². The molecule has 2 bridgehead atoms. The third-order valence-electron chi connectivity index (χ3n) is 5.54. The number of fused-ring (bicyclic) bond motifs is 2. The second kappa shape index (κ2) is 7.72. The van der Waals surface area contributed by atoms with Crippen LogP contribution in [0, 0.1) is 17.8 Å². The molecule has 1 N–H and O–H groups in total. The summed E-state index contributed by atoms with van der Waals surface area (Å²) in [5, 5.41) is 3.67. The zero-order valence-corrected chi connectivity index (χ0v) is 16.9. The standard InChI is InChI=1S/C19H25N3O2S2/c1-11(2)15-8-20-17(24-15)10-25-18-9-21-19(26-18)22-16(23)7-14-6-12-3-4-13(14)5-12/h8-9,11-14H,3-7,10H2,1-2H3,(H,21,22,23). The van der Waals surface area contributed by atoms with Gasteiger partial charge in [-0.3, -0.25) is 4.79 Å². The number of rotatable bonds is 7. The minimum atomic E-state index is 0.114. The lowest BCUT2D eigenvalue weighted by Gasteiger charge is -2.20. The average Bonchev–Trinajstić information content (AvgIpc) is 3.37. The van der Waals surface area contributed by atoms with E-state index < -0.39 is 0 Å². The predicted octanol–water partition coefficient (Wildman–Crippen LogP) is 5.31. The molecule has 7 heteroatoms. The molecule has 2 saturated carbocycles. The number of aromatic nitrogens is 2. The number of nitrogens with one attached hydrogen (secondary N) is 1. The van der Waals surface area contributed by atoms with Crippen LogP contribution in [0.4, 0.5) is 5.13 Å². The zero-order chi connectivity index (χ0) is 18.1. The predicted molar refractivity (Wildman–Crippen MR) is 104 cm³/mol. The molecule has 1 amide bonds. The molecule has 2 fully saturated rings. The Balaban J connectivity index is 1.25. The van der Waals surface area contributed by atoms with Crippen LogP contribution in [0.3, 0.4) is 0 Å². The summed E-state index contributed by atoms with van der Waals surface area (Å²) in [5.41, 5.74) is 0. The van der Waals surface area contributed by atoms with Crippen LogP contribution in [0.1, 0.15) is 63.5 Å². The molecule has 0 aliphatic heterocycles. The summed E-state index contributed by atoms with van der Waals surface area (Å²) in [5.74, 6) is 5.03. The first kappa shape index (κ1) is 18.0. The Morgan fingerprint density at radius 1 is 1.35 bits per heavy atom. The highest BCUT2D eigenvalue weighted by atomic mass is 32.2. The van der Waals surface area contributed by atoms with Crippen LogP contribution in [-0.2, 0) is 10.5 Å². The van der Waals surface area contributed by atoms with Gasteiger partial charge in [-0.25, -0.2) is 9.97 Å². The number of thiazole rings is 1. The van der Waals surface area contributed by atoms with E-state index in [1.54, 1.807) is 18.0 Å². The minimum Gasteiger partial charge on any atom is -0.445 e. The monoisotopic (exact) mass is 391 g/mol.